The van der Waals surface area contributed by atoms with Gasteiger partial charge in [0.1, 0.15) is 0 Å². The molecule has 0 saturated heterocycles. The van der Waals surface area contributed by atoms with Gasteiger partial charge in [-0.1, -0.05) is 19.8 Å². The van der Waals surface area contributed by atoms with Crippen LogP contribution in [-0.2, 0) is 9.47 Å². The average molecular weight is 259 g/mol. The lowest BCUT2D eigenvalue weighted by Crippen LogP contribution is -2.40. The molecule has 0 aliphatic heterocycles. The fourth-order valence-electron chi connectivity index (χ4n) is 2.54. The molecule has 4 nitrogen and oxygen atoms in total. The van der Waals surface area contributed by atoms with Crippen molar-refractivity contribution in [2.75, 3.05) is 26.9 Å². The second-order valence-electron chi connectivity index (χ2n) is 5.63. The minimum absolute atomic E-state index is 0.0411. The molecule has 0 heterocycles. The van der Waals surface area contributed by atoms with Gasteiger partial charge in [0, 0.05) is 19.7 Å². The molecule has 4 atom stereocenters. The van der Waals surface area contributed by atoms with Gasteiger partial charge in [0.2, 0.25) is 0 Å². The molecule has 1 rings (SSSR count). The van der Waals surface area contributed by atoms with Gasteiger partial charge in [-0.3, -0.25) is 0 Å². The summed E-state index contributed by atoms with van der Waals surface area (Å²) < 4.78 is 10.5. The highest BCUT2D eigenvalue weighted by Gasteiger charge is 2.19. The van der Waals surface area contributed by atoms with Crippen LogP contribution in [0.3, 0.4) is 0 Å². The molecule has 108 valence electrons. The Hall–Kier alpha value is -0.160. The van der Waals surface area contributed by atoms with Crippen LogP contribution < -0.4 is 5.32 Å². The van der Waals surface area contributed by atoms with Gasteiger partial charge in [-0.05, 0) is 25.7 Å². The zero-order valence-corrected chi connectivity index (χ0v) is 12.0. The summed E-state index contributed by atoms with van der Waals surface area (Å²) in [4.78, 5) is 0. The van der Waals surface area contributed by atoms with Crippen LogP contribution in [0.2, 0.25) is 0 Å². The third-order valence-corrected chi connectivity index (χ3v) is 3.55. The van der Waals surface area contributed by atoms with E-state index in [1.165, 1.54) is 25.7 Å². The molecule has 0 spiro atoms. The molecule has 0 bridgehead atoms. The smallest absolute Gasteiger partial charge is 0.0897 e. The lowest BCUT2D eigenvalue weighted by atomic mass is 9.87. The van der Waals surface area contributed by atoms with E-state index in [1.54, 1.807) is 7.11 Å². The Bertz CT molecular complexity index is 213. The molecule has 0 aromatic carbocycles. The molecular formula is C14H29NO3. The summed E-state index contributed by atoms with van der Waals surface area (Å²) in [5.41, 5.74) is 0. The molecule has 4 heteroatoms. The Morgan fingerprint density at radius 1 is 1.33 bits per heavy atom. The first-order valence-corrected chi connectivity index (χ1v) is 7.13. The van der Waals surface area contributed by atoms with E-state index >= 15 is 0 Å². The van der Waals surface area contributed by atoms with E-state index in [9.17, 15) is 5.11 Å². The largest absolute Gasteiger partial charge is 0.389 e. The van der Waals surface area contributed by atoms with Crippen molar-refractivity contribution in [1.82, 2.24) is 5.32 Å². The predicted molar refractivity (Wildman–Crippen MR) is 72.7 cm³/mol. The van der Waals surface area contributed by atoms with Crippen molar-refractivity contribution in [2.24, 2.45) is 5.92 Å². The van der Waals surface area contributed by atoms with Crippen molar-refractivity contribution in [1.29, 1.82) is 0 Å². The summed E-state index contributed by atoms with van der Waals surface area (Å²) >= 11 is 0. The molecule has 1 fully saturated rings. The van der Waals surface area contributed by atoms with Gasteiger partial charge in [0.05, 0.1) is 25.4 Å². The first-order chi connectivity index (χ1) is 8.61. The standard InChI is InChI=1S/C14H29NO3/c1-11-5-4-6-13(7-11)15-8-14(16)10-18-12(2)9-17-3/h11-16H,4-10H2,1-3H3. The lowest BCUT2D eigenvalue weighted by molar-refractivity contribution is -0.0319. The van der Waals surface area contributed by atoms with Crippen molar-refractivity contribution in [3.8, 4) is 0 Å². The first kappa shape index (κ1) is 15.9. The number of aliphatic hydroxyl groups excluding tert-OH is 1. The van der Waals surface area contributed by atoms with Crippen molar-refractivity contribution in [3.05, 3.63) is 0 Å². The summed E-state index contributed by atoms with van der Waals surface area (Å²) in [5.74, 6) is 0.811. The van der Waals surface area contributed by atoms with Crippen LogP contribution >= 0.6 is 0 Å². The summed E-state index contributed by atoms with van der Waals surface area (Å²) in [6.45, 7) is 5.82. The Morgan fingerprint density at radius 2 is 2.11 bits per heavy atom. The number of aliphatic hydroxyl groups is 1. The van der Waals surface area contributed by atoms with Crippen LogP contribution in [0.4, 0.5) is 0 Å². The van der Waals surface area contributed by atoms with E-state index in [0.29, 0.717) is 25.8 Å². The SMILES string of the molecule is COCC(C)OCC(O)CNC1CCCC(C)C1. The Labute approximate surface area is 111 Å². The summed E-state index contributed by atoms with van der Waals surface area (Å²) in [6, 6.07) is 0.569. The summed E-state index contributed by atoms with van der Waals surface area (Å²) in [6.07, 6.45) is 4.72. The number of hydrogen-bond donors (Lipinski definition) is 2. The van der Waals surface area contributed by atoms with Crippen LogP contribution in [-0.4, -0.2) is 50.2 Å². The number of rotatable bonds is 8. The fourth-order valence-corrected chi connectivity index (χ4v) is 2.54. The first-order valence-electron chi connectivity index (χ1n) is 7.13. The summed E-state index contributed by atoms with van der Waals surface area (Å²) in [5, 5.41) is 13.3. The normalized spacial score (nSPS) is 28.0. The van der Waals surface area contributed by atoms with E-state index in [2.05, 4.69) is 12.2 Å². The van der Waals surface area contributed by atoms with E-state index in [4.69, 9.17) is 9.47 Å². The molecule has 0 aromatic heterocycles. The number of nitrogens with one attached hydrogen (secondary N) is 1. The highest BCUT2D eigenvalue weighted by molar-refractivity contribution is 4.76. The molecule has 1 saturated carbocycles. The number of methoxy groups -OCH3 is 1. The maximum absolute atomic E-state index is 9.83. The second-order valence-corrected chi connectivity index (χ2v) is 5.63. The van der Waals surface area contributed by atoms with Crippen molar-refractivity contribution in [2.45, 2.75) is 57.8 Å². The maximum atomic E-state index is 9.83. The molecule has 0 amide bonds. The summed E-state index contributed by atoms with van der Waals surface area (Å²) in [7, 11) is 1.65. The van der Waals surface area contributed by atoms with Crippen LogP contribution in [0, 0.1) is 5.92 Å². The average Bonchev–Trinajstić information content (AvgIpc) is 2.34. The van der Waals surface area contributed by atoms with E-state index in [-0.39, 0.29) is 6.10 Å². The molecule has 18 heavy (non-hydrogen) atoms. The highest BCUT2D eigenvalue weighted by Crippen LogP contribution is 2.23. The topological polar surface area (TPSA) is 50.7 Å². The van der Waals surface area contributed by atoms with Gasteiger partial charge in [-0.25, -0.2) is 0 Å². The van der Waals surface area contributed by atoms with E-state index in [0.717, 1.165) is 5.92 Å². The Balaban J connectivity index is 2.07. The van der Waals surface area contributed by atoms with Gasteiger partial charge >= 0.3 is 0 Å². The maximum Gasteiger partial charge on any atom is 0.0897 e. The lowest BCUT2D eigenvalue weighted by Gasteiger charge is -2.28. The van der Waals surface area contributed by atoms with Gasteiger partial charge in [0.25, 0.3) is 0 Å². The fraction of sp³-hybridized carbons (Fsp3) is 1.00. The van der Waals surface area contributed by atoms with Gasteiger partial charge in [0.15, 0.2) is 0 Å². The van der Waals surface area contributed by atoms with Crippen molar-refractivity contribution < 1.29 is 14.6 Å². The third-order valence-electron chi connectivity index (χ3n) is 3.55. The molecule has 0 radical (unpaired) electrons. The number of ether oxygens (including phenoxy) is 2. The zero-order chi connectivity index (χ0) is 13.4. The van der Waals surface area contributed by atoms with Gasteiger partial charge in [-0.15, -0.1) is 0 Å². The van der Waals surface area contributed by atoms with Crippen LogP contribution in [0.5, 0.6) is 0 Å². The van der Waals surface area contributed by atoms with Crippen LogP contribution in [0.25, 0.3) is 0 Å². The zero-order valence-electron chi connectivity index (χ0n) is 12.0. The molecule has 0 aromatic rings. The van der Waals surface area contributed by atoms with Crippen molar-refractivity contribution in [3.63, 3.8) is 0 Å². The quantitative estimate of drug-likeness (QED) is 0.695. The monoisotopic (exact) mass is 259 g/mol. The number of hydrogen-bond acceptors (Lipinski definition) is 4. The minimum atomic E-state index is -0.429. The Kier molecular flexibility index (Phi) is 7.82. The molecule has 2 N–H and O–H groups in total. The molecule has 4 unspecified atom stereocenters. The van der Waals surface area contributed by atoms with E-state index < -0.39 is 6.10 Å². The second kappa shape index (κ2) is 8.86. The van der Waals surface area contributed by atoms with Gasteiger partial charge in [-0.2, -0.15) is 0 Å². The molecular weight excluding hydrogens is 230 g/mol. The third kappa shape index (κ3) is 6.69. The predicted octanol–water partition coefficient (Wildman–Crippen LogP) is 1.57. The van der Waals surface area contributed by atoms with Crippen LogP contribution in [0.1, 0.15) is 39.5 Å². The highest BCUT2D eigenvalue weighted by atomic mass is 16.5. The Morgan fingerprint density at radius 3 is 2.78 bits per heavy atom. The molecule has 1 aliphatic carbocycles. The van der Waals surface area contributed by atoms with Gasteiger partial charge < -0.3 is 19.9 Å². The molecule has 1 aliphatic rings. The van der Waals surface area contributed by atoms with Crippen molar-refractivity contribution >= 4 is 0 Å². The minimum Gasteiger partial charge on any atom is -0.389 e. The van der Waals surface area contributed by atoms with E-state index in [1.807, 2.05) is 6.92 Å². The van der Waals surface area contributed by atoms with Crippen LogP contribution in [0.15, 0.2) is 0 Å².